The minimum absolute atomic E-state index is 0.251. The summed E-state index contributed by atoms with van der Waals surface area (Å²) in [6, 6.07) is 8.95. The van der Waals surface area contributed by atoms with E-state index in [4.69, 9.17) is 0 Å². The number of carbonyl (C=O) groups is 3. The van der Waals surface area contributed by atoms with Crippen molar-refractivity contribution >= 4 is 28.8 Å². The van der Waals surface area contributed by atoms with E-state index in [9.17, 15) is 14.4 Å². The van der Waals surface area contributed by atoms with Gasteiger partial charge in [0.1, 0.15) is 5.92 Å². The number of rotatable bonds is 7. The van der Waals surface area contributed by atoms with Gasteiger partial charge in [-0.2, -0.15) is 0 Å². The highest BCUT2D eigenvalue weighted by Gasteiger charge is 2.52. The molecule has 1 aromatic heterocycles. The van der Waals surface area contributed by atoms with Crippen molar-refractivity contribution < 1.29 is 19.3 Å². The highest BCUT2D eigenvalue weighted by molar-refractivity contribution is 7.10. The fourth-order valence-corrected chi connectivity index (χ4v) is 4.65. The number of quaternary nitrogens is 1. The molecule has 1 N–H and O–H groups in total. The second-order valence-electron chi connectivity index (χ2n) is 7.79. The van der Waals surface area contributed by atoms with Gasteiger partial charge in [-0.25, -0.2) is 0 Å². The number of thiophene rings is 1. The highest BCUT2D eigenvalue weighted by atomic mass is 32.1. The van der Waals surface area contributed by atoms with E-state index in [2.05, 4.69) is 14.1 Å². The lowest BCUT2D eigenvalue weighted by molar-refractivity contribution is -0.858. The van der Waals surface area contributed by atoms with Gasteiger partial charge in [-0.15, -0.1) is 11.3 Å². The molecular weight excluding hydrogens is 372 g/mol. The van der Waals surface area contributed by atoms with Crippen LogP contribution in [-0.2, 0) is 9.59 Å². The lowest BCUT2D eigenvalue weighted by Crippen LogP contribution is -3.05. The molecule has 6 heteroatoms. The number of Topliss-reactive ketones (excluding diaryl/α,β-unsaturated/α-hetero) is 2. The Morgan fingerprint density at radius 3 is 2.57 bits per heavy atom. The van der Waals surface area contributed by atoms with Gasteiger partial charge >= 0.3 is 0 Å². The van der Waals surface area contributed by atoms with E-state index in [1.165, 1.54) is 16.2 Å². The molecule has 1 saturated heterocycles. The summed E-state index contributed by atoms with van der Waals surface area (Å²) in [4.78, 5) is 42.9. The third-order valence-corrected chi connectivity index (χ3v) is 6.20. The number of carbonyl (C=O) groups excluding carboxylic acids is 3. The number of ketones is 2. The number of nitrogens with zero attached hydrogens (tertiary/aromatic N) is 1. The lowest BCUT2D eigenvalue weighted by Gasteiger charge is -2.26. The third-order valence-electron chi connectivity index (χ3n) is 5.26. The summed E-state index contributed by atoms with van der Waals surface area (Å²) >= 11 is 1.49. The second kappa shape index (κ2) is 8.37. The summed E-state index contributed by atoms with van der Waals surface area (Å²) < 4.78 is 0. The summed E-state index contributed by atoms with van der Waals surface area (Å²) in [5.41, 5.74) is 2.33. The van der Waals surface area contributed by atoms with Gasteiger partial charge < -0.3 is 9.80 Å². The van der Waals surface area contributed by atoms with Gasteiger partial charge in [0, 0.05) is 23.4 Å². The van der Waals surface area contributed by atoms with Gasteiger partial charge in [0.15, 0.2) is 5.78 Å². The monoisotopic (exact) mass is 399 g/mol. The van der Waals surface area contributed by atoms with E-state index >= 15 is 0 Å². The predicted octanol–water partition coefficient (Wildman–Crippen LogP) is 1.85. The molecule has 2 heterocycles. The van der Waals surface area contributed by atoms with Gasteiger partial charge in [-0.1, -0.05) is 23.8 Å². The Bertz CT molecular complexity index is 889. The number of hydrogen-bond acceptors (Lipinski definition) is 4. The van der Waals surface area contributed by atoms with Crippen molar-refractivity contribution in [1.29, 1.82) is 0 Å². The fourth-order valence-electron chi connectivity index (χ4n) is 3.78. The van der Waals surface area contributed by atoms with E-state index in [-0.39, 0.29) is 5.78 Å². The first-order chi connectivity index (χ1) is 13.3. The van der Waals surface area contributed by atoms with E-state index in [1.807, 2.05) is 49.6 Å². The van der Waals surface area contributed by atoms with Crippen LogP contribution in [0, 0.1) is 19.8 Å². The van der Waals surface area contributed by atoms with Gasteiger partial charge in [-0.05, 0) is 36.9 Å². The lowest BCUT2D eigenvalue weighted by atomic mass is 9.87. The van der Waals surface area contributed by atoms with Crippen LogP contribution in [0.25, 0.3) is 0 Å². The highest BCUT2D eigenvalue weighted by Crippen LogP contribution is 2.40. The maximum atomic E-state index is 13.4. The molecule has 0 saturated carbocycles. The Hall–Kier alpha value is -2.31. The molecule has 5 nitrogen and oxygen atoms in total. The molecule has 0 bridgehead atoms. The van der Waals surface area contributed by atoms with Crippen LogP contribution in [0.3, 0.4) is 0 Å². The van der Waals surface area contributed by atoms with Crippen LogP contribution >= 0.6 is 11.3 Å². The summed E-state index contributed by atoms with van der Waals surface area (Å²) in [6.07, 6.45) is 0.785. The van der Waals surface area contributed by atoms with Crippen LogP contribution in [0.5, 0.6) is 0 Å². The summed E-state index contributed by atoms with van der Waals surface area (Å²) in [5.74, 6) is -2.34. The van der Waals surface area contributed by atoms with Crippen LogP contribution < -0.4 is 4.90 Å². The fraction of sp³-hybridized carbons (Fsp3) is 0.409. The molecule has 1 aliphatic rings. The van der Waals surface area contributed by atoms with E-state index in [0.717, 1.165) is 29.0 Å². The summed E-state index contributed by atoms with van der Waals surface area (Å²) in [5, 5.41) is 1.92. The number of nitrogens with one attached hydrogen (secondary N) is 1. The Morgan fingerprint density at radius 2 is 1.93 bits per heavy atom. The van der Waals surface area contributed by atoms with Gasteiger partial charge in [0.05, 0.1) is 26.7 Å². The molecule has 0 radical (unpaired) electrons. The molecule has 2 aromatic rings. The first-order valence-electron chi connectivity index (χ1n) is 9.60. The Kier molecular flexibility index (Phi) is 6.10. The van der Waals surface area contributed by atoms with Gasteiger partial charge in [0.2, 0.25) is 5.78 Å². The predicted molar refractivity (Wildman–Crippen MR) is 110 cm³/mol. The van der Waals surface area contributed by atoms with Crippen molar-refractivity contribution in [3.63, 3.8) is 0 Å². The molecule has 3 rings (SSSR count). The number of aryl methyl sites for hydroxylation is 2. The van der Waals surface area contributed by atoms with Gasteiger partial charge in [0.25, 0.3) is 5.91 Å². The molecule has 148 valence electrons. The van der Waals surface area contributed by atoms with Crippen molar-refractivity contribution in [2.75, 3.05) is 27.2 Å². The topological polar surface area (TPSA) is 58.9 Å². The number of likely N-dealkylation sites (tertiary alicyclic amines) is 1. The molecule has 1 aliphatic heterocycles. The van der Waals surface area contributed by atoms with E-state index < -0.39 is 23.7 Å². The zero-order valence-electron chi connectivity index (χ0n) is 16.8. The zero-order chi connectivity index (χ0) is 20.4. The molecule has 2 atom stereocenters. The number of benzene rings is 1. The van der Waals surface area contributed by atoms with Crippen LogP contribution in [0.4, 0.5) is 0 Å². The van der Waals surface area contributed by atoms with Crippen molar-refractivity contribution in [3.05, 3.63) is 57.3 Å². The van der Waals surface area contributed by atoms with Crippen molar-refractivity contribution in [2.45, 2.75) is 26.3 Å². The third kappa shape index (κ3) is 3.93. The maximum absolute atomic E-state index is 13.4. The second-order valence-corrected chi connectivity index (χ2v) is 8.77. The molecule has 1 fully saturated rings. The largest absolute Gasteiger partial charge is 0.340 e. The van der Waals surface area contributed by atoms with Crippen molar-refractivity contribution in [2.24, 2.45) is 5.92 Å². The molecule has 0 spiro atoms. The SMILES string of the molecule is Cc1ccc(C)c(C(=O)C2C(=O)C(=O)N(CCC[NH+](C)C)C2c2cccs2)c1. The molecule has 2 unspecified atom stereocenters. The molecular formula is C22H27N2O3S+. The standard InChI is InChI=1S/C22H26N2O3S/c1-14-8-9-15(2)16(13-14)20(25)18-19(17-7-5-12-28-17)24(22(27)21(18)26)11-6-10-23(3)4/h5,7-9,12-13,18-19H,6,10-11H2,1-4H3/p+1. The van der Waals surface area contributed by atoms with E-state index in [1.54, 1.807) is 4.90 Å². The van der Waals surface area contributed by atoms with E-state index in [0.29, 0.717) is 12.1 Å². The van der Waals surface area contributed by atoms with Crippen LogP contribution in [0.15, 0.2) is 35.7 Å². The average Bonchev–Trinajstić information content (AvgIpc) is 3.25. The maximum Gasteiger partial charge on any atom is 0.291 e. The first-order valence-corrected chi connectivity index (χ1v) is 10.5. The van der Waals surface area contributed by atoms with Crippen molar-refractivity contribution in [1.82, 2.24) is 4.90 Å². The Labute approximate surface area is 170 Å². The van der Waals surface area contributed by atoms with Crippen LogP contribution in [0.1, 0.15) is 38.8 Å². The van der Waals surface area contributed by atoms with Crippen LogP contribution in [0.2, 0.25) is 0 Å². The van der Waals surface area contributed by atoms with Crippen LogP contribution in [-0.4, -0.2) is 49.6 Å². The molecule has 1 aromatic carbocycles. The quantitative estimate of drug-likeness (QED) is 0.439. The normalized spacial score (nSPS) is 19.7. The summed E-state index contributed by atoms with van der Waals surface area (Å²) in [6.45, 7) is 5.16. The molecule has 28 heavy (non-hydrogen) atoms. The number of hydrogen-bond donors (Lipinski definition) is 1. The minimum atomic E-state index is -0.974. The molecule has 1 amide bonds. The number of amides is 1. The summed E-state index contributed by atoms with van der Waals surface area (Å²) in [7, 11) is 4.11. The zero-order valence-corrected chi connectivity index (χ0v) is 17.6. The van der Waals surface area contributed by atoms with Gasteiger partial charge in [-0.3, -0.25) is 14.4 Å². The minimum Gasteiger partial charge on any atom is -0.340 e. The average molecular weight is 400 g/mol. The first kappa shape index (κ1) is 20.4. The Morgan fingerprint density at radius 1 is 1.18 bits per heavy atom. The smallest absolute Gasteiger partial charge is 0.291 e. The Balaban J connectivity index is 1.98. The molecule has 0 aliphatic carbocycles. The van der Waals surface area contributed by atoms with Crippen molar-refractivity contribution in [3.8, 4) is 0 Å².